The van der Waals surface area contributed by atoms with E-state index in [1.54, 1.807) is 19.4 Å². The first-order valence-electron chi connectivity index (χ1n) is 9.80. The fraction of sp³-hybridized carbons (Fsp3) is 0.273. The van der Waals surface area contributed by atoms with E-state index in [0.717, 1.165) is 37.6 Å². The average Bonchev–Trinajstić information content (AvgIpc) is 2.78. The number of nitrogens with one attached hydrogen (secondary N) is 2. The van der Waals surface area contributed by atoms with Crippen LogP contribution in [0.1, 0.15) is 5.56 Å². The van der Waals surface area contributed by atoms with Crippen molar-refractivity contribution < 1.29 is 14.6 Å². The van der Waals surface area contributed by atoms with Gasteiger partial charge in [-0.2, -0.15) is 4.98 Å². The summed E-state index contributed by atoms with van der Waals surface area (Å²) in [6.45, 7) is 5.16. The van der Waals surface area contributed by atoms with E-state index >= 15 is 0 Å². The number of morpholine rings is 1. The zero-order chi connectivity index (χ0) is 20.9. The summed E-state index contributed by atoms with van der Waals surface area (Å²) in [5.74, 6) is 1.66. The summed E-state index contributed by atoms with van der Waals surface area (Å²) >= 11 is 0. The first kappa shape index (κ1) is 19.8. The van der Waals surface area contributed by atoms with Crippen molar-refractivity contribution in [3.8, 4) is 11.5 Å². The molecule has 0 amide bonds. The molecule has 1 saturated heterocycles. The normalized spacial score (nSPS) is 13.7. The molecule has 0 atom stereocenters. The first-order chi connectivity index (χ1) is 14.6. The maximum atomic E-state index is 9.94. The van der Waals surface area contributed by atoms with Crippen LogP contribution in [0.15, 0.2) is 48.7 Å². The fourth-order valence-corrected chi connectivity index (χ4v) is 3.20. The minimum atomic E-state index is 0.215. The van der Waals surface area contributed by atoms with Crippen molar-refractivity contribution in [1.29, 1.82) is 0 Å². The van der Waals surface area contributed by atoms with Crippen LogP contribution in [-0.4, -0.2) is 48.5 Å². The molecule has 0 radical (unpaired) electrons. The molecule has 0 bridgehead atoms. The maximum Gasteiger partial charge on any atom is 0.229 e. The van der Waals surface area contributed by atoms with Crippen molar-refractivity contribution in [3.05, 3.63) is 54.2 Å². The first-order valence-corrected chi connectivity index (χ1v) is 9.80. The van der Waals surface area contributed by atoms with Crippen molar-refractivity contribution in [1.82, 2.24) is 9.97 Å². The number of ether oxygens (including phenoxy) is 2. The zero-order valence-corrected chi connectivity index (χ0v) is 17.1. The highest BCUT2D eigenvalue weighted by atomic mass is 16.5. The highest BCUT2D eigenvalue weighted by Gasteiger charge is 2.12. The summed E-state index contributed by atoms with van der Waals surface area (Å²) in [6, 6.07) is 13.5. The minimum absolute atomic E-state index is 0.215. The van der Waals surface area contributed by atoms with E-state index in [9.17, 15) is 5.11 Å². The summed E-state index contributed by atoms with van der Waals surface area (Å²) in [4.78, 5) is 11.2. The lowest BCUT2D eigenvalue weighted by Gasteiger charge is -2.28. The number of aromatic hydroxyl groups is 1. The lowest BCUT2D eigenvalue weighted by molar-refractivity contribution is 0.122. The molecule has 4 rings (SSSR count). The largest absolute Gasteiger partial charge is 0.508 e. The number of aryl methyl sites for hydroxylation is 1. The van der Waals surface area contributed by atoms with Crippen LogP contribution in [0.5, 0.6) is 11.5 Å². The van der Waals surface area contributed by atoms with Crippen LogP contribution in [0.3, 0.4) is 0 Å². The Kier molecular flexibility index (Phi) is 5.85. The molecule has 8 nitrogen and oxygen atoms in total. The van der Waals surface area contributed by atoms with Crippen LogP contribution in [0.4, 0.5) is 28.8 Å². The molecule has 0 spiro atoms. The number of hydrogen-bond donors (Lipinski definition) is 3. The minimum Gasteiger partial charge on any atom is -0.508 e. The Morgan fingerprint density at radius 2 is 1.77 bits per heavy atom. The number of nitrogens with zero attached hydrogens (tertiary/aromatic N) is 3. The van der Waals surface area contributed by atoms with Crippen LogP contribution >= 0.6 is 0 Å². The maximum absolute atomic E-state index is 9.94. The number of aromatic nitrogens is 2. The van der Waals surface area contributed by atoms with Gasteiger partial charge >= 0.3 is 0 Å². The van der Waals surface area contributed by atoms with Crippen LogP contribution in [-0.2, 0) is 4.74 Å². The molecule has 1 aromatic heterocycles. The van der Waals surface area contributed by atoms with Gasteiger partial charge in [-0.1, -0.05) is 6.07 Å². The van der Waals surface area contributed by atoms with Gasteiger partial charge < -0.3 is 30.1 Å². The number of methoxy groups -OCH3 is 1. The number of phenols is 1. The van der Waals surface area contributed by atoms with Gasteiger partial charge in [-0.15, -0.1) is 0 Å². The quantitative estimate of drug-likeness (QED) is 0.568. The fourth-order valence-electron chi connectivity index (χ4n) is 3.20. The Morgan fingerprint density at radius 1 is 1.03 bits per heavy atom. The van der Waals surface area contributed by atoms with Gasteiger partial charge in [0.2, 0.25) is 5.95 Å². The Balaban J connectivity index is 1.50. The molecule has 1 aliphatic heterocycles. The smallest absolute Gasteiger partial charge is 0.229 e. The number of rotatable bonds is 6. The van der Waals surface area contributed by atoms with Crippen LogP contribution in [0.25, 0.3) is 0 Å². The molecular weight excluding hydrogens is 382 g/mol. The van der Waals surface area contributed by atoms with E-state index in [4.69, 9.17) is 9.47 Å². The van der Waals surface area contributed by atoms with Crippen molar-refractivity contribution >= 4 is 28.8 Å². The summed E-state index contributed by atoms with van der Waals surface area (Å²) in [6.07, 6.45) is 1.60. The monoisotopic (exact) mass is 407 g/mol. The van der Waals surface area contributed by atoms with Crippen LogP contribution in [0, 0.1) is 6.92 Å². The average molecular weight is 407 g/mol. The molecule has 2 aromatic carbocycles. The molecule has 1 aliphatic rings. The lowest BCUT2D eigenvalue weighted by Crippen LogP contribution is -2.36. The van der Waals surface area contributed by atoms with Gasteiger partial charge in [0.15, 0.2) is 11.6 Å². The van der Waals surface area contributed by atoms with Crippen molar-refractivity contribution in [3.63, 3.8) is 0 Å². The predicted molar refractivity (Wildman–Crippen MR) is 117 cm³/mol. The second kappa shape index (κ2) is 8.87. The van der Waals surface area contributed by atoms with Gasteiger partial charge in [0.05, 0.1) is 26.5 Å². The summed E-state index contributed by atoms with van der Waals surface area (Å²) in [7, 11) is 1.56. The highest BCUT2D eigenvalue weighted by Crippen LogP contribution is 2.29. The van der Waals surface area contributed by atoms with E-state index in [0.29, 0.717) is 23.2 Å². The third-order valence-electron chi connectivity index (χ3n) is 4.95. The second-order valence-corrected chi connectivity index (χ2v) is 7.01. The molecule has 156 valence electrons. The molecule has 0 saturated carbocycles. The SMILES string of the molecule is COc1cnc(Nc2ccc(N3CCOCC3)cc2)nc1Nc1ccc(C)c(O)c1. The van der Waals surface area contributed by atoms with Crippen LogP contribution < -0.4 is 20.3 Å². The van der Waals surface area contributed by atoms with Crippen molar-refractivity contribution in [2.45, 2.75) is 6.92 Å². The van der Waals surface area contributed by atoms with Gasteiger partial charge in [-0.25, -0.2) is 4.98 Å². The molecule has 8 heteroatoms. The van der Waals surface area contributed by atoms with Crippen molar-refractivity contribution in [2.24, 2.45) is 0 Å². The van der Waals surface area contributed by atoms with Crippen molar-refractivity contribution in [2.75, 3.05) is 48.9 Å². The Labute approximate surface area is 175 Å². The van der Waals surface area contributed by atoms with E-state index in [1.807, 2.05) is 31.2 Å². The number of hydrogen-bond acceptors (Lipinski definition) is 8. The number of anilines is 5. The van der Waals surface area contributed by atoms with E-state index < -0.39 is 0 Å². The van der Waals surface area contributed by atoms with Crippen LogP contribution in [0.2, 0.25) is 0 Å². The van der Waals surface area contributed by atoms with Gasteiger partial charge in [-0.05, 0) is 42.8 Å². The predicted octanol–water partition coefficient (Wildman–Crippen LogP) is 3.82. The molecule has 30 heavy (non-hydrogen) atoms. The molecular formula is C22H25N5O3. The number of phenolic OH excluding ortho intramolecular Hbond substituents is 1. The third kappa shape index (κ3) is 4.55. The summed E-state index contributed by atoms with van der Waals surface area (Å²) in [5.41, 5.74) is 3.56. The Morgan fingerprint density at radius 3 is 2.47 bits per heavy atom. The zero-order valence-electron chi connectivity index (χ0n) is 17.1. The Bertz CT molecular complexity index is 1000. The topological polar surface area (TPSA) is 91.8 Å². The number of benzene rings is 2. The third-order valence-corrected chi connectivity index (χ3v) is 4.95. The highest BCUT2D eigenvalue weighted by molar-refractivity contribution is 5.66. The van der Waals surface area contributed by atoms with Gasteiger partial charge in [0.25, 0.3) is 0 Å². The lowest BCUT2D eigenvalue weighted by atomic mass is 10.2. The van der Waals surface area contributed by atoms with Gasteiger partial charge in [0, 0.05) is 36.2 Å². The van der Waals surface area contributed by atoms with E-state index in [-0.39, 0.29) is 5.75 Å². The molecule has 3 N–H and O–H groups in total. The molecule has 0 aliphatic carbocycles. The molecule has 1 fully saturated rings. The molecule has 0 unspecified atom stereocenters. The second-order valence-electron chi connectivity index (χ2n) is 7.01. The molecule has 3 aromatic rings. The Hall–Kier alpha value is -3.52. The standard InChI is InChI=1S/C22H25N5O3/c1-15-3-4-17(13-19(15)28)24-21-20(29-2)14-23-22(26-21)25-16-5-7-18(8-6-16)27-9-11-30-12-10-27/h3-8,13-14,28H,9-12H2,1-2H3,(H2,23,24,25,26). The summed E-state index contributed by atoms with van der Waals surface area (Å²) < 4.78 is 10.8. The summed E-state index contributed by atoms with van der Waals surface area (Å²) in [5, 5.41) is 16.3. The van der Waals surface area contributed by atoms with Gasteiger partial charge in [-0.3, -0.25) is 0 Å². The van der Waals surface area contributed by atoms with E-state index in [2.05, 4.69) is 37.6 Å². The van der Waals surface area contributed by atoms with Gasteiger partial charge in [0.1, 0.15) is 5.75 Å². The van der Waals surface area contributed by atoms with E-state index in [1.165, 1.54) is 5.69 Å². The molecule has 2 heterocycles.